The third kappa shape index (κ3) is 5.73. The first-order valence-electron chi connectivity index (χ1n) is 8.78. The standard InChI is InChI=1S/C21H25N3OS/c1-21(2,3)25-14-17-8-6-7-16(11-17)12-22-13-18-15-26-20(24-18)19-9-4-5-10-23-19/h4-11,15,22H,12-14H2,1-3H3. The molecule has 5 heteroatoms. The second-order valence-corrected chi connectivity index (χ2v) is 8.04. The van der Waals surface area contributed by atoms with Crippen molar-refractivity contribution in [3.05, 3.63) is 70.9 Å². The fourth-order valence-electron chi connectivity index (χ4n) is 2.46. The Morgan fingerprint density at radius 3 is 2.65 bits per heavy atom. The molecule has 0 unspecified atom stereocenters. The Morgan fingerprint density at radius 2 is 1.88 bits per heavy atom. The Hall–Kier alpha value is -2.08. The van der Waals surface area contributed by atoms with Gasteiger partial charge in [0.15, 0.2) is 0 Å². The van der Waals surface area contributed by atoms with Crippen LogP contribution in [0.15, 0.2) is 54.0 Å². The minimum atomic E-state index is -0.121. The van der Waals surface area contributed by atoms with E-state index in [9.17, 15) is 0 Å². The predicted octanol–water partition coefficient (Wildman–Crippen LogP) is 4.81. The first kappa shape index (κ1) is 18.7. The zero-order valence-corrected chi connectivity index (χ0v) is 16.3. The van der Waals surface area contributed by atoms with Gasteiger partial charge in [-0.25, -0.2) is 4.98 Å². The lowest BCUT2D eigenvalue weighted by Gasteiger charge is -2.19. The molecule has 0 radical (unpaired) electrons. The van der Waals surface area contributed by atoms with Gasteiger partial charge in [0.25, 0.3) is 0 Å². The van der Waals surface area contributed by atoms with E-state index in [1.165, 1.54) is 11.1 Å². The zero-order valence-electron chi connectivity index (χ0n) is 15.5. The topological polar surface area (TPSA) is 47.0 Å². The molecule has 0 aliphatic heterocycles. The average Bonchev–Trinajstić information content (AvgIpc) is 3.10. The van der Waals surface area contributed by atoms with Crippen LogP contribution in [0.4, 0.5) is 0 Å². The van der Waals surface area contributed by atoms with E-state index in [1.807, 2.05) is 18.2 Å². The molecular formula is C21H25N3OS. The van der Waals surface area contributed by atoms with Crippen molar-refractivity contribution in [3.63, 3.8) is 0 Å². The molecule has 0 spiro atoms. The van der Waals surface area contributed by atoms with E-state index in [4.69, 9.17) is 4.74 Å². The van der Waals surface area contributed by atoms with Crippen LogP contribution in [0.5, 0.6) is 0 Å². The molecule has 4 nitrogen and oxygen atoms in total. The molecular weight excluding hydrogens is 342 g/mol. The maximum Gasteiger partial charge on any atom is 0.142 e. The van der Waals surface area contributed by atoms with E-state index in [0.29, 0.717) is 6.61 Å². The predicted molar refractivity (Wildman–Crippen MR) is 107 cm³/mol. The molecule has 0 fully saturated rings. The van der Waals surface area contributed by atoms with Gasteiger partial charge in [-0.05, 0) is 44.0 Å². The maximum absolute atomic E-state index is 5.85. The molecule has 0 aliphatic carbocycles. The molecule has 3 aromatic rings. The number of nitrogens with zero attached hydrogens (tertiary/aromatic N) is 2. The van der Waals surface area contributed by atoms with Crippen molar-refractivity contribution in [2.45, 2.75) is 46.1 Å². The van der Waals surface area contributed by atoms with Gasteiger partial charge < -0.3 is 10.1 Å². The van der Waals surface area contributed by atoms with Crippen LogP contribution in [-0.2, 0) is 24.4 Å². The molecule has 1 N–H and O–H groups in total. The fraction of sp³-hybridized carbons (Fsp3) is 0.333. The summed E-state index contributed by atoms with van der Waals surface area (Å²) in [5, 5.41) is 6.51. The van der Waals surface area contributed by atoms with Crippen LogP contribution in [-0.4, -0.2) is 15.6 Å². The Morgan fingerprint density at radius 1 is 1.04 bits per heavy atom. The summed E-state index contributed by atoms with van der Waals surface area (Å²) < 4.78 is 5.85. The van der Waals surface area contributed by atoms with Crippen molar-refractivity contribution >= 4 is 11.3 Å². The van der Waals surface area contributed by atoms with Crippen molar-refractivity contribution < 1.29 is 4.74 Å². The van der Waals surface area contributed by atoms with E-state index in [0.717, 1.165) is 29.5 Å². The van der Waals surface area contributed by atoms with Crippen molar-refractivity contribution in [2.24, 2.45) is 0 Å². The molecule has 0 amide bonds. The number of thiazole rings is 1. The first-order valence-corrected chi connectivity index (χ1v) is 9.66. The van der Waals surface area contributed by atoms with E-state index in [1.54, 1.807) is 17.5 Å². The number of rotatable bonds is 7. The lowest BCUT2D eigenvalue weighted by Crippen LogP contribution is -2.18. The summed E-state index contributed by atoms with van der Waals surface area (Å²) in [6.45, 7) is 8.41. The number of aromatic nitrogens is 2. The van der Waals surface area contributed by atoms with Crippen LogP contribution in [0.1, 0.15) is 37.6 Å². The summed E-state index contributed by atoms with van der Waals surface area (Å²) in [5.74, 6) is 0. The van der Waals surface area contributed by atoms with Gasteiger partial charge in [-0.1, -0.05) is 30.3 Å². The van der Waals surface area contributed by atoms with Crippen LogP contribution >= 0.6 is 11.3 Å². The van der Waals surface area contributed by atoms with Crippen LogP contribution in [0.3, 0.4) is 0 Å². The normalized spacial score (nSPS) is 11.7. The van der Waals surface area contributed by atoms with E-state index < -0.39 is 0 Å². The van der Waals surface area contributed by atoms with Gasteiger partial charge >= 0.3 is 0 Å². The number of ether oxygens (including phenoxy) is 1. The molecule has 2 aromatic heterocycles. The molecule has 0 saturated heterocycles. The molecule has 2 heterocycles. The highest BCUT2D eigenvalue weighted by atomic mass is 32.1. The molecule has 0 atom stereocenters. The van der Waals surface area contributed by atoms with Crippen LogP contribution < -0.4 is 5.32 Å². The van der Waals surface area contributed by atoms with E-state index >= 15 is 0 Å². The highest BCUT2D eigenvalue weighted by Gasteiger charge is 2.10. The molecule has 136 valence electrons. The van der Waals surface area contributed by atoms with Crippen LogP contribution in [0, 0.1) is 0 Å². The van der Waals surface area contributed by atoms with E-state index in [-0.39, 0.29) is 5.60 Å². The highest BCUT2D eigenvalue weighted by molar-refractivity contribution is 7.13. The quantitative estimate of drug-likeness (QED) is 0.651. The second kappa shape index (κ2) is 8.54. The minimum Gasteiger partial charge on any atom is -0.371 e. The number of hydrogen-bond donors (Lipinski definition) is 1. The fourth-order valence-corrected chi connectivity index (χ4v) is 3.25. The SMILES string of the molecule is CC(C)(C)OCc1cccc(CNCc2csc(-c3ccccn3)n2)c1. The van der Waals surface area contributed by atoms with Gasteiger partial charge in [0.2, 0.25) is 0 Å². The van der Waals surface area contributed by atoms with Gasteiger partial charge in [-0.15, -0.1) is 11.3 Å². The minimum absolute atomic E-state index is 0.121. The van der Waals surface area contributed by atoms with Gasteiger partial charge in [0, 0.05) is 24.7 Å². The Labute approximate surface area is 159 Å². The average molecular weight is 368 g/mol. The van der Waals surface area contributed by atoms with Crippen molar-refractivity contribution in [2.75, 3.05) is 0 Å². The number of hydrogen-bond acceptors (Lipinski definition) is 5. The van der Waals surface area contributed by atoms with Crippen molar-refractivity contribution in [3.8, 4) is 10.7 Å². The summed E-state index contributed by atoms with van der Waals surface area (Å²) in [6.07, 6.45) is 1.80. The Bertz CT molecular complexity index is 825. The number of nitrogens with one attached hydrogen (secondary N) is 1. The summed E-state index contributed by atoms with van der Waals surface area (Å²) in [4.78, 5) is 9.01. The van der Waals surface area contributed by atoms with Gasteiger partial charge in [0.1, 0.15) is 5.01 Å². The summed E-state index contributed by atoms with van der Waals surface area (Å²) in [7, 11) is 0. The number of benzene rings is 1. The van der Waals surface area contributed by atoms with Crippen molar-refractivity contribution in [1.82, 2.24) is 15.3 Å². The summed E-state index contributed by atoms with van der Waals surface area (Å²) in [5.41, 5.74) is 4.30. The third-order valence-electron chi connectivity index (χ3n) is 3.73. The maximum atomic E-state index is 5.85. The Kier molecular flexibility index (Phi) is 6.14. The largest absolute Gasteiger partial charge is 0.371 e. The smallest absolute Gasteiger partial charge is 0.142 e. The molecule has 1 aromatic carbocycles. The number of pyridine rings is 1. The second-order valence-electron chi connectivity index (χ2n) is 7.18. The summed E-state index contributed by atoms with van der Waals surface area (Å²) in [6, 6.07) is 14.4. The van der Waals surface area contributed by atoms with Crippen molar-refractivity contribution in [1.29, 1.82) is 0 Å². The van der Waals surface area contributed by atoms with Gasteiger partial charge in [-0.3, -0.25) is 4.98 Å². The van der Waals surface area contributed by atoms with Crippen LogP contribution in [0.2, 0.25) is 0 Å². The monoisotopic (exact) mass is 367 g/mol. The van der Waals surface area contributed by atoms with E-state index in [2.05, 4.69) is 65.7 Å². The molecule has 3 rings (SSSR count). The lowest BCUT2D eigenvalue weighted by atomic mass is 10.1. The molecule has 0 bridgehead atoms. The third-order valence-corrected chi connectivity index (χ3v) is 4.65. The zero-order chi connectivity index (χ0) is 18.4. The van der Waals surface area contributed by atoms with Gasteiger partial charge in [0.05, 0.1) is 23.6 Å². The molecule has 26 heavy (non-hydrogen) atoms. The highest BCUT2D eigenvalue weighted by Crippen LogP contribution is 2.21. The van der Waals surface area contributed by atoms with Crippen LogP contribution in [0.25, 0.3) is 10.7 Å². The first-order chi connectivity index (χ1) is 12.5. The lowest BCUT2D eigenvalue weighted by molar-refractivity contribution is -0.0149. The molecule has 0 saturated carbocycles. The Balaban J connectivity index is 1.51. The molecule has 0 aliphatic rings. The summed E-state index contributed by atoms with van der Waals surface area (Å²) >= 11 is 1.63. The van der Waals surface area contributed by atoms with Gasteiger partial charge in [-0.2, -0.15) is 0 Å².